The minimum atomic E-state index is -0.434. The van der Waals surface area contributed by atoms with Crippen LogP contribution in [0.2, 0.25) is 5.02 Å². The van der Waals surface area contributed by atoms with E-state index < -0.39 is 5.97 Å². The van der Waals surface area contributed by atoms with Gasteiger partial charge in [-0.1, -0.05) is 23.7 Å². The first-order chi connectivity index (χ1) is 14.6. The third kappa shape index (κ3) is 4.50. The molecule has 0 bridgehead atoms. The quantitative estimate of drug-likeness (QED) is 0.406. The highest BCUT2D eigenvalue weighted by Crippen LogP contribution is 2.32. The van der Waals surface area contributed by atoms with Gasteiger partial charge in [-0.15, -0.1) is 11.3 Å². The summed E-state index contributed by atoms with van der Waals surface area (Å²) in [6.07, 6.45) is 3.76. The Balaban J connectivity index is 1.33. The first kappa shape index (κ1) is 20.1. The standard InChI is InChI=1S/C21H17ClN4O3S/c1-28-21(27)14-4-7-17(24-10-14)29-15-5-2-13(3-6-15)8-9-23-19-18-16(22)11-30-20(18)26-12-25-19/h2-7,10-12H,8-9H2,1H3,(H,23,25,26). The Morgan fingerprint density at radius 1 is 1.13 bits per heavy atom. The SMILES string of the molecule is COC(=O)c1ccc(Oc2ccc(CCNc3ncnc4scc(Cl)c34)cc2)nc1. The van der Waals surface area contributed by atoms with Gasteiger partial charge in [0.2, 0.25) is 5.88 Å². The molecule has 7 nitrogen and oxygen atoms in total. The van der Waals surface area contributed by atoms with Gasteiger partial charge in [0.05, 0.1) is 23.1 Å². The van der Waals surface area contributed by atoms with Gasteiger partial charge in [-0.25, -0.2) is 19.7 Å². The summed E-state index contributed by atoms with van der Waals surface area (Å²) in [5, 5.41) is 6.71. The zero-order chi connectivity index (χ0) is 20.9. The number of halogens is 1. The maximum Gasteiger partial charge on any atom is 0.339 e. The maximum atomic E-state index is 11.4. The van der Waals surface area contributed by atoms with E-state index >= 15 is 0 Å². The number of carbonyl (C=O) groups is 1. The van der Waals surface area contributed by atoms with Crippen molar-refractivity contribution in [1.82, 2.24) is 15.0 Å². The van der Waals surface area contributed by atoms with E-state index in [1.807, 2.05) is 29.6 Å². The number of thiophene rings is 1. The smallest absolute Gasteiger partial charge is 0.339 e. The van der Waals surface area contributed by atoms with Crippen molar-refractivity contribution >= 4 is 44.9 Å². The monoisotopic (exact) mass is 440 g/mol. The molecule has 1 aromatic carbocycles. The van der Waals surface area contributed by atoms with Crippen LogP contribution in [0.4, 0.5) is 5.82 Å². The number of esters is 1. The van der Waals surface area contributed by atoms with E-state index in [1.54, 1.807) is 12.1 Å². The molecular formula is C21H17ClN4O3S. The highest BCUT2D eigenvalue weighted by molar-refractivity contribution is 7.17. The van der Waals surface area contributed by atoms with E-state index in [1.165, 1.54) is 31.0 Å². The van der Waals surface area contributed by atoms with Gasteiger partial charge in [0.1, 0.15) is 22.7 Å². The topological polar surface area (TPSA) is 86.2 Å². The zero-order valence-corrected chi connectivity index (χ0v) is 17.5. The van der Waals surface area contributed by atoms with Gasteiger partial charge in [-0.3, -0.25) is 0 Å². The third-order valence-electron chi connectivity index (χ3n) is 4.33. The summed E-state index contributed by atoms with van der Waals surface area (Å²) in [7, 11) is 1.33. The Morgan fingerprint density at radius 3 is 2.70 bits per heavy atom. The molecule has 0 amide bonds. The number of aromatic nitrogens is 3. The molecule has 1 N–H and O–H groups in total. The van der Waals surface area contributed by atoms with Crippen LogP contribution in [0.25, 0.3) is 10.2 Å². The van der Waals surface area contributed by atoms with Crippen molar-refractivity contribution in [1.29, 1.82) is 0 Å². The molecule has 0 saturated carbocycles. The highest BCUT2D eigenvalue weighted by atomic mass is 35.5. The third-order valence-corrected chi connectivity index (χ3v) is 5.65. The number of carbonyl (C=O) groups excluding carboxylic acids is 1. The molecule has 30 heavy (non-hydrogen) atoms. The fourth-order valence-electron chi connectivity index (χ4n) is 2.82. The molecule has 0 unspecified atom stereocenters. The van der Waals surface area contributed by atoms with Crippen LogP contribution in [0.1, 0.15) is 15.9 Å². The summed E-state index contributed by atoms with van der Waals surface area (Å²) in [6, 6.07) is 11.0. The maximum absolute atomic E-state index is 11.4. The molecule has 0 aliphatic heterocycles. The fourth-order valence-corrected chi connectivity index (χ4v) is 3.96. The van der Waals surface area contributed by atoms with Crippen LogP contribution in [0.15, 0.2) is 54.3 Å². The van der Waals surface area contributed by atoms with Gasteiger partial charge in [0.25, 0.3) is 0 Å². The van der Waals surface area contributed by atoms with E-state index in [2.05, 4.69) is 25.0 Å². The van der Waals surface area contributed by atoms with E-state index in [4.69, 9.17) is 16.3 Å². The number of hydrogen-bond donors (Lipinski definition) is 1. The molecule has 4 aromatic rings. The molecule has 0 saturated heterocycles. The number of anilines is 1. The lowest BCUT2D eigenvalue weighted by Gasteiger charge is -2.08. The average Bonchev–Trinajstić information content (AvgIpc) is 3.17. The molecule has 3 heterocycles. The summed E-state index contributed by atoms with van der Waals surface area (Å²) >= 11 is 7.74. The number of benzene rings is 1. The lowest BCUT2D eigenvalue weighted by Crippen LogP contribution is -2.06. The van der Waals surface area contributed by atoms with Gasteiger partial charge in [-0.05, 0) is 30.2 Å². The minimum absolute atomic E-state index is 0.373. The zero-order valence-electron chi connectivity index (χ0n) is 16.0. The van der Waals surface area contributed by atoms with Gasteiger partial charge in [-0.2, -0.15) is 0 Å². The highest BCUT2D eigenvalue weighted by Gasteiger charge is 2.10. The van der Waals surface area contributed by atoms with Gasteiger partial charge < -0.3 is 14.8 Å². The molecule has 0 spiro atoms. The summed E-state index contributed by atoms with van der Waals surface area (Å²) < 4.78 is 10.4. The predicted octanol–water partition coefficient (Wildman–Crippen LogP) is 4.97. The minimum Gasteiger partial charge on any atom is -0.465 e. The second kappa shape index (κ2) is 9.06. The Labute approximate surface area is 181 Å². The summed E-state index contributed by atoms with van der Waals surface area (Å²) in [5.41, 5.74) is 1.52. The number of hydrogen-bond acceptors (Lipinski definition) is 8. The average molecular weight is 441 g/mol. The number of pyridine rings is 1. The normalized spacial score (nSPS) is 10.7. The Morgan fingerprint density at radius 2 is 1.97 bits per heavy atom. The van der Waals surface area contributed by atoms with Gasteiger partial charge >= 0.3 is 5.97 Å². The largest absolute Gasteiger partial charge is 0.465 e. The van der Waals surface area contributed by atoms with E-state index in [-0.39, 0.29) is 0 Å². The molecule has 152 valence electrons. The van der Waals surface area contributed by atoms with Crippen LogP contribution in [0.3, 0.4) is 0 Å². The molecule has 3 aromatic heterocycles. The van der Waals surface area contributed by atoms with E-state index in [0.29, 0.717) is 28.8 Å². The van der Waals surface area contributed by atoms with E-state index in [9.17, 15) is 4.79 Å². The first-order valence-electron chi connectivity index (χ1n) is 9.07. The van der Waals surface area contributed by atoms with Crippen molar-refractivity contribution in [2.75, 3.05) is 19.0 Å². The number of nitrogens with zero attached hydrogens (tertiary/aromatic N) is 3. The van der Waals surface area contributed by atoms with Crippen molar-refractivity contribution in [3.05, 3.63) is 70.5 Å². The number of ether oxygens (including phenoxy) is 2. The number of nitrogens with one attached hydrogen (secondary N) is 1. The van der Waals surface area contributed by atoms with Crippen LogP contribution in [-0.2, 0) is 11.2 Å². The molecular weight excluding hydrogens is 424 g/mol. The summed E-state index contributed by atoms with van der Waals surface area (Å²) in [4.78, 5) is 25.0. The number of rotatable bonds is 7. The predicted molar refractivity (Wildman–Crippen MR) is 117 cm³/mol. The summed E-state index contributed by atoms with van der Waals surface area (Å²) in [6.45, 7) is 0.703. The van der Waals surface area contributed by atoms with Crippen molar-refractivity contribution in [3.8, 4) is 11.6 Å². The van der Waals surface area contributed by atoms with Gasteiger partial charge in [0.15, 0.2) is 0 Å². The molecule has 4 rings (SSSR count). The van der Waals surface area contributed by atoms with Crippen molar-refractivity contribution in [2.24, 2.45) is 0 Å². The van der Waals surface area contributed by atoms with Crippen LogP contribution in [0, 0.1) is 0 Å². The lowest BCUT2D eigenvalue weighted by molar-refractivity contribution is 0.0600. The van der Waals surface area contributed by atoms with Crippen LogP contribution in [0.5, 0.6) is 11.6 Å². The molecule has 0 fully saturated rings. The Kier molecular flexibility index (Phi) is 6.06. The lowest BCUT2D eigenvalue weighted by atomic mass is 10.1. The van der Waals surface area contributed by atoms with Crippen molar-refractivity contribution in [3.63, 3.8) is 0 Å². The van der Waals surface area contributed by atoms with Crippen LogP contribution < -0.4 is 10.1 Å². The molecule has 0 radical (unpaired) electrons. The second-order valence-electron chi connectivity index (χ2n) is 6.29. The van der Waals surface area contributed by atoms with Gasteiger partial charge in [0, 0.05) is 24.2 Å². The molecule has 0 aliphatic rings. The van der Waals surface area contributed by atoms with Crippen LogP contribution in [-0.4, -0.2) is 34.6 Å². The number of fused-ring (bicyclic) bond motifs is 1. The molecule has 9 heteroatoms. The molecule has 0 aliphatic carbocycles. The Bertz CT molecular complexity index is 1160. The first-order valence-corrected chi connectivity index (χ1v) is 10.3. The second-order valence-corrected chi connectivity index (χ2v) is 7.55. The van der Waals surface area contributed by atoms with Crippen LogP contribution >= 0.6 is 22.9 Å². The van der Waals surface area contributed by atoms with Crippen molar-refractivity contribution < 1.29 is 14.3 Å². The van der Waals surface area contributed by atoms with E-state index in [0.717, 1.165) is 28.0 Å². The molecule has 0 atom stereocenters. The number of methoxy groups -OCH3 is 1. The summed E-state index contributed by atoms with van der Waals surface area (Å²) in [5.74, 6) is 1.37. The fraction of sp³-hybridized carbons (Fsp3) is 0.143. The Hall–Kier alpha value is -3.23. The van der Waals surface area contributed by atoms with Crippen molar-refractivity contribution in [2.45, 2.75) is 6.42 Å².